The van der Waals surface area contributed by atoms with Gasteiger partial charge >= 0.3 is 0 Å². The summed E-state index contributed by atoms with van der Waals surface area (Å²) in [4.78, 5) is 17.1. The quantitative estimate of drug-likeness (QED) is 0.315. The molecule has 0 aliphatic carbocycles. The van der Waals surface area contributed by atoms with Crippen LogP contribution in [0.25, 0.3) is 11.8 Å². The number of amides is 1. The monoisotopic (exact) mass is 495 g/mol. The zero-order valence-corrected chi connectivity index (χ0v) is 21.7. The van der Waals surface area contributed by atoms with Crippen molar-refractivity contribution in [2.75, 3.05) is 0 Å². The number of benzene rings is 1. The van der Waals surface area contributed by atoms with Gasteiger partial charge in [-0.05, 0) is 80.8 Å². The Kier molecular flexibility index (Phi) is 7.43. The van der Waals surface area contributed by atoms with E-state index in [-0.39, 0.29) is 11.4 Å². The van der Waals surface area contributed by atoms with Crippen LogP contribution in [0.3, 0.4) is 0 Å². The molecule has 4 rings (SSSR count). The second-order valence-electron chi connectivity index (χ2n) is 8.77. The Morgan fingerprint density at radius 3 is 2.62 bits per heavy atom. The average Bonchev–Trinajstić information content (AvgIpc) is 3.33. The molecule has 8 heteroatoms. The molecule has 0 atom stereocenters. The van der Waals surface area contributed by atoms with E-state index < -0.39 is 5.91 Å². The van der Waals surface area contributed by atoms with E-state index in [9.17, 15) is 4.79 Å². The van der Waals surface area contributed by atoms with Crippen LogP contribution in [0.2, 0.25) is 5.02 Å². The number of hydrogen-bond acceptors (Lipinski definition) is 4. The highest BCUT2D eigenvalue weighted by atomic mass is 35.5. The van der Waals surface area contributed by atoms with Crippen LogP contribution in [0.15, 0.2) is 39.9 Å². The number of hydrazone groups is 1. The highest BCUT2D eigenvalue weighted by Gasteiger charge is 2.35. The molecule has 1 aromatic carbocycles. The zero-order chi connectivity index (χ0) is 24.4. The van der Waals surface area contributed by atoms with E-state index in [1.807, 2.05) is 45.0 Å². The number of aliphatic imine (C=N–C) groups is 1. The van der Waals surface area contributed by atoms with Crippen molar-refractivity contribution in [2.24, 2.45) is 10.1 Å². The first-order valence-corrected chi connectivity index (χ1v) is 12.9. The summed E-state index contributed by atoms with van der Waals surface area (Å²) in [5, 5.41) is 16.9. The number of amidine groups is 2. The van der Waals surface area contributed by atoms with E-state index >= 15 is 0 Å². The number of carbonyl (C=O) groups is 1. The Balaban J connectivity index is 1.57. The molecule has 0 unspecified atom stereocenters. The number of fused-ring (bicyclic) bond motifs is 1. The maximum absolute atomic E-state index is 12.8. The zero-order valence-electron chi connectivity index (χ0n) is 20.1. The minimum absolute atomic E-state index is 0.0756. The second-order valence-corrected chi connectivity index (χ2v) is 10.2. The Hall–Kier alpha value is -2.64. The molecule has 0 spiro atoms. The number of nitrogens with one attached hydrogen (secondary N) is 1. The number of aromatic nitrogens is 1. The summed E-state index contributed by atoms with van der Waals surface area (Å²) >= 11 is 7.76. The molecule has 2 aromatic rings. The second kappa shape index (κ2) is 10.3. The number of thioether (sulfide) groups is 1. The predicted octanol–water partition coefficient (Wildman–Crippen LogP) is 7.04. The van der Waals surface area contributed by atoms with Crippen molar-refractivity contribution < 1.29 is 4.79 Å². The fraction of sp³-hybridized carbons (Fsp3) is 0.385. The molecule has 34 heavy (non-hydrogen) atoms. The van der Waals surface area contributed by atoms with Crippen LogP contribution in [0.1, 0.15) is 68.0 Å². The Morgan fingerprint density at radius 1 is 1.12 bits per heavy atom. The SMILES string of the molecule is CCCCCCCC1=NN2C(=N)/C(=C\c3cc(C)n(-c4ccc(C)c(Cl)c4)c3C)C(=O)N=C2S1. The van der Waals surface area contributed by atoms with Gasteiger partial charge < -0.3 is 4.57 Å². The summed E-state index contributed by atoms with van der Waals surface area (Å²) in [5.41, 5.74) is 5.09. The van der Waals surface area contributed by atoms with E-state index in [4.69, 9.17) is 17.0 Å². The van der Waals surface area contributed by atoms with Crippen LogP contribution in [0.5, 0.6) is 0 Å². The van der Waals surface area contributed by atoms with Gasteiger partial charge in [0.15, 0.2) is 5.84 Å². The van der Waals surface area contributed by atoms with E-state index in [2.05, 4.69) is 21.6 Å². The van der Waals surface area contributed by atoms with Crippen LogP contribution in [-0.4, -0.2) is 31.5 Å². The van der Waals surface area contributed by atoms with E-state index in [0.29, 0.717) is 10.2 Å². The predicted molar refractivity (Wildman–Crippen MR) is 143 cm³/mol. The normalized spacial score (nSPS) is 16.9. The van der Waals surface area contributed by atoms with Gasteiger partial charge in [0.25, 0.3) is 5.91 Å². The van der Waals surface area contributed by atoms with E-state index in [1.165, 1.54) is 42.5 Å². The number of carbonyl (C=O) groups excluding carboxylic acids is 1. The van der Waals surface area contributed by atoms with Crippen LogP contribution < -0.4 is 0 Å². The first-order valence-electron chi connectivity index (χ1n) is 11.7. The summed E-state index contributed by atoms with van der Waals surface area (Å²) in [6.07, 6.45) is 8.54. The van der Waals surface area contributed by atoms with Gasteiger partial charge in [-0.25, -0.2) is 0 Å². The number of unbranched alkanes of at least 4 members (excludes halogenated alkanes) is 4. The maximum atomic E-state index is 12.8. The minimum atomic E-state index is -0.397. The van der Waals surface area contributed by atoms with Gasteiger partial charge in [-0.3, -0.25) is 10.2 Å². The minimum Gasteiger partial charge on any atom is -0.318 e. The molecule has 0 saturated carbocycles. The van der Waals surface area contributed by atoms with Crippen LogP contribution in [0.4, 0.5) is 0 Å². The lowest BCUT2D eigenvalue weighted by Crippen LogP contribution is -2.35. The summed E-state index contributed by atoms with van der Waals surface area (Å²) < 4.78 is 2.10. The highest BCUT2D eigenvalue weighted by molar-refractivity contribution is 8.26. The Labute approximate surface area is 210 Å². The lowest BCUT2D eigenvalue weighted by Gasteiger charge is -2.20. The van der Waals surface area contributed by atoms with Gasteiger partial charge in [-0.2, -0.15) is 15.1 Å². The van der Waals surface area contributed by atoms with Crippen LogP contribution in [-0.2, 0) is 4.79 Å². The summed E-state index contributed by atoms with van der Waals surface area (Å²) in [6, 6.07) is 7.98. The number of nitrogens with zero attached hydrogens (tertiary/aromatic N) is 4. The van der Waals surface area contributed by atoms with Gasteiger partial charge in [0.1, 0.15) is 5.04 Å². The molecule has 178 valence electrons. The molecular formula is C26H30ClN5OS. The maximum Gasteiger partial charge on any atom is 0.283 e. The smallest absolute Gasteiger partial charge is 0.283 e. The molecule has 0 bridgehead atoms. The van der Waals surface area contributed by atoms with Gasteiger partial charge in [0, 0.05) is 22.1 Å². The van der Waals surface area contributed by atoms with Crippen molar-refractivity contribution in [3.63, 3.8) is 0 Å². The summed E-state index contributed by atoms with van der Waals surface area (Å²) in [7, 11) is 0. The standard InChI is InChI=1S/C26H30ClN5OS/c1-5-6-7-8-9-10-23-30-32-24(28)21(25(33)29-26(32)34-23)14-19-13-17(3)31(18(19)4)20-12-11-16(2)22(27)15-20/h11-15,28H,5-10H2,1-4H3/b21-14+,28-24?. The van der Waals surface area contributed by atoms with Crippen molar-refractivity contribution >= 4 is 51.4 Å². The van der Waals surface area contributed by atoms with Crippen molar-refractivity contribution in [2.45, 2.75) is 66.2 Å². The van der Waals surface area contributed by atoms with E-state index in [1.54, 1.807) is 6.08 Å². The molecule has 0 saturated heterocycles. The first-order chi connectivity index (χ1) is 16.3. The Morgan fingerprint density at radius 2 is 1.88 bits per heavy atom. The molecule has 0 fully saturated rings. The molecule has 2 aliphatic rings. The Bertz CT molecular complexity index is 1240. The molecule has 6 nitrogen and oxygen atoms in total. The third kappa shape index (κ3) is 4.91. The van der Waals surface area contributed by atoms with Gasteiger partial charge in [0.05, 0.1) is 5.57 Å². The van der Waals surface area contributed by atoms with E-state index in [0.717, 1.165) is 46.1 Å². The molecule has 2 aliphatic heterocycles. The third-order valence-electron chi connectivity index (χ3n) is 6.17. The number of rotatable bonds is 8. The van der Waals surface area contributed by atoms with Crippen molar-refractivity contribution in [1.82, 2.24) is 9.58 Å². The number of aryl methyl sites for hydroxylation is 2. The molecule has 3 heterocycles. The topological polar surface area (TPSA) is 73.8 Å². The van der Waals surface area contributed by atoms with Gasteiger partial charge in [-0.1, -0.05) is 50.3 Å². The molecular weight excluding hydrogens is 466 g/mol. The molecule has 0 radical (unpaired) electrons. The van der Waals surface area contributed by atoms with Crippen LogP contribution >= 0.6 is 23.4 Å². The van der Waals surface area contributed by atoms with Crippen molar-refractivity contribution in [1.29, 1.82) is 5.41 Å². The van der Waals surface area contributed by atoms with Crippen molar-refractivity contribution in [3.8, 4) is 5.69 Å². The lowest BCUT2D eigenvalue weighted by molar-refractivity contribution is -0.114. The number of hydrogen-bond donors (Lipinski definition) is 1. The largest absolute Gasteiger partial charge is 0.318 e. The average molecular weight is 496 g/mol. The molecule has 1 amide bonds. The van der Waals surface area contributed by atoms with Gasteiger partial charge in [0.2, 0.25) is 5.17 Å². The molecule has 1 N–H and O–H groups in total. The third-order valence-corrected chi connectivity index (χ3v) is 7.55. The fourth-order valence-corrected chi connectivity index (χ4v) is 5.32. The highest BCUT2D eigenvalue weighted by Crippen LogP contribution is 2.31. The van der Waals surface area contributed by atoms with Crippen LogP contribution in [0, 0.1) is 26.2 Å². The van der Waals surface area contributed by atoms with Crippen molar-refractivity contribution in [3.05, 3.63) is 57.4 Å². The lowest BCUT2D eigenvalue weighted by atomic mass is 10.1. The summed E-state index contributed by atoms with van der Waals surface area (Å²) in [5.74, 6) is -0.321. The summed E-state index contributed by atoms with van der Waals surface area (Å²) in [6.45, 7) is 8.19. The van der Waals surface area contributed by atoms with Gasteiger partial charge in [-0.15, -0.1) is 0 Å². The number of halogens is 1. The fourth-order valence-electron chi connectivity index (χ4n) is 4.22. The first kappa shape index (κ1) is 24.5. The molecule has 1 aromatic heterocycles.